The van der Waals surface area contributed by atoms with Gasteiger partial charge in [-0.2, -0.15) is 4.98 Å². The Labute approximate surface area is 215 Å². The van der Waals surface area contributed by atoms with Gasteiger partial charge in [-0.3, -0.25) is 18.5 Å². The summed E-state index contributed by atoms with van der Waals surface area (Å²) in [5.74, 6) is 0.0105. The Morgan fingerprint density at radius 3 is 2.11 bits per heavy atom. The SMILES string of the molecule is Cn1c(=O)n(Cc2ccccc2)c(=O)c2c1nc(N=Nc1c(O)[nH]c3ccccc13)n2Cc1ccccc1. The summed E-state index contributed by atoms with van der Waals surface area (Å²) < 4.78 is 4.21. The van der Waals surface area contributed by atoms with E-state index in [0.29, 0.717) is 10.9 Å². The molecule has 0 spiro atoms. The molecular weight excluding hydrogens is 482 g/mol. The molecule has 0 aliphatic carbocycles. The summed E-state index contributed by atoms with van der Waals surface area (Å²) in [4.78, 5) is 34.4. The number of benzene rings is 3. The summed E-state index contributed by atoms with van der Waals surface area (Å²) in [5, 5.41) is 19.8. The molecule has 10 nitrogen and oxygen atoms in total. The van der Waals surface area contributed by atoms with Gasteiger partial charge in [0, 0.05) is 12.4 Å². The molecule has 3 aromatic heterocycles. The molecule has 0 aliphatic rings. The van der Waals surface area contributed by atoms with Crippen LogP contribution < -0.4 is 11.2 Å². The number of nitrogens with one attached hydrogen (secondary N) is 1. The fourth-order valence-electron chi connectivity index (χ4n) is 4.57. The van der Waals surface area contributed by atoms with Crippen LogP contribution in [0.4, 0.5) is 11.6 Å². The zero-order valence-corrected chi connectivity index (χ0v) is 20.4. The monoisotopic (exact) mass is 505 g/mol. The van der Waals surface area contributed by atoms with Crippen LogP contribution in [-0.4, -0.2) is 28.8 Å². The van der Waals surface area contributed by atoms with Crippen LogP contribution in [0.1, 0.15) is 11.1 Å². The number of azo groups is 1. The Bertz CT molecular complexity index is 1930. The van der Waals surface area contributed by atoms with E-state index in [0.717, 1.165) is 11.1 Å². The highest BCUT2D eigenvalue weighted by atomic mass is 16.3. The number of H-pyrrole nitrogens is 1. The summed E-state index contributed by atoms with van der Waals surface area (Å²) >= 11 is 0. The summed E-state index contributed by atoms with van der Waals surface area (Å²) in [7, 11) is 1.58. The van der Waals surface area contributed by atoms with Crippen molar-refractivity contribution in [1.29, 1.82) is 0 Å². The van der Waals surface area contributed by atoms with E-state index in [9.17, 15) is 14.7 Å². The van der Waals surface area contributed by atoms with Crippen molar-refractivity contribution in [2.24, 2.45) is 17.3 Å². The molecule has 0 unspecified atom stereocenters. The second-order valence-corrected chi connectivity index (χ2v) is 8.94. The third-order valence-corrected chi connectivity index (χ3v) is 6.48. The van der Waals surface area contributed by atoms with Crippen molar-refractivity contribution in [3.8, 4) is 5.88 Å². The molecular formula is C28H23N7O3. The Morgan fingerprint density at radius 2 is 1.42 bits per heavy atom. The first-order valence-corrected chi connectivity index (χ1v) is 12.0. The molecule has 0 bridgehead atoms. The van der Waals surface area contributed by atoms with E-state index in [4.69, 9.17) is 0 Å². The van der Waals surface area contributed by atoms with Crippen LogP contribution >= 0.6 is 0 Å². The first kappa shape index (κ1) is 23.2. The van der Waals surface area contributed by atoms with Gasteiger partial charge in [-0.25, -0.2) is 4.79 Å². The summed E-state index contributed by atoms with van der Waals surface area (Å²) in [6, 6.07) is 26.3. The van der Waals surface area contributed by atoms with E-state index in [1.165, 1.54) is 9.13 Å². The predicted molar refractivity (Wildman–Crippen MR) is 144 cm³/mol. The summed E-state index contributed by atoms with van der Waals surface area (Å²) in [6.07, 6.45) is 0. The number of aromatic nitrogens is 5. The highest BCUT2D eigenvalue weighted by Gasteiger charge is 2.21. The van der Waals surface area contributed by atoms with Gasteiger partial charge in [0.05, 0.1) is 18.6 Å². The van der Waals surface area contributed by atoms with Gasteiger partial charge in [0.15, 0.2) is 16.9 Å². The van der Waals surface area contributed by atoms with Gasteiger partial charge in [-0.1, -0.05) is 78.9 Å². The maximum atomic E-state index is 13.8. The minimum Gasteiger partial charge on any atom is -0.493 e. The molecule has 0 fully saturated rings. The van der Waals surface area contributed by atoms with Crippen LogP contribution in [0.3, 0.4) is 0 Å². The molecule has 38 heavy (non-hydrogen) atoms. The van der Waals surface area contributed by atoms with Crippen molar-refractivity contribution in [3.63, 3.8) is 0 Å². The molecule has 0 amide bonds. The maximum Gasteiger partial charge on any atom is 0.332 e. The molecule has 0 saturated carbocycles. The molecule has 3 aromatic carbocycles. The molecule has 0 radical (unpaired) electrons. The molecule has 0 atom stereocenters. The van der Waals surface area contributed by atoms with Crippen molar-refractivity contribution in [1.82, 2.24) is 23.7 Å². The summed E-state index contributed by atoms with van der Waals surface area (Å²) in [5.41, 5.74) is 2.22. The molecule has 0 aliphatic heterocycles. The standard InChI is InChI=1S/C28H23N7O3/c1-33-24-23(26(37)35(28(33)38)17-19-12-6-3-7-13-19)34(16-18-10-4-2-5-11-18)27(30-24)32-31-22-20-14-8-9-15-21(20)29-25(22)36/h2-15,29,36H,16-17H2,1H3. The maximum absolute atomic E-state index is 13.8. The Morgan fingerprint density at radius 1 is 0.816 bits per heavy atom. The van der Waals surface area contributed by atoms with Gasteiger partial charge in [-0.15, -0.1) is 10.2 Å². The predicted octanol–water partition coefficient (Wildman–Crippen LogP) is 4.60. The fraction of sp³-hybridized carbons (Fsp3) is 0.107. The van der Waals surface area contributed by atoms with Gasteiger partial charge >= 0.3 is 5.69 Å². The van der Waals surface area contributed by atoms with E-state index >= 15 is 0 Å². The van der Waals surface area contributed by atoms with E-state index in [2.05, 4.69) is 20.2 Å². The van der Waals surface area contributed by atoms with E-state index in [1.54, 1.807) is 11.6 Å². The quantitative estimate of drug-likeness (QED) is 0.321. The molecule has 6 aromatic rings. The molecule has 2 N–H and O–H groups in total. The highest BCUT2D eigenvalue weighted by molar-refractivity contribution is 5.94. The lowest BCUT2D eigenvalue weighted by molar-refractivity contribution is 0.459. The number of rotatable bonds is 6. The molecule has 0 saturated heterocycles. The van der Waals surface area contributed by atoms with Crippen LogP contribution in [0, 0.1) is 0 Å². The highest BCUT2D eigenvalue weighted by Crippen LogP contribution is 2.36. The number of hydrogen-bond donors (Lipinski definition) is 2. The van der Waals surface area contributed by atoms with Crippen LogP contribution in [0.15, 0.2) is 105 Å². The zero-order valence-electron chi connectivity index (χ0n) is 20.4. The number of nitrogens with zero attached hydrogens (tertiary/aromatic N) is 6. The summed E-state index contributed by atoms with van der Waals surface area (Å²) in [6.45, 7) is 0.406. The van der Waals surface area contributed by atoms with Crippen LogP contribution in [-0.2, 0) is 20.1 Å². The zero-order chi connectivity index (χ0) is 26.2. The third-order valence-electron chi connectivity index (χ3n) is 6.48. The second kappa shape index (κ2) is 9.32. The number of imidazole rings is 1. The minimum atomic E-state index is -0.478. The van der Waals surface area contributed by atoms with Gasteiger partial charge in [-0.05, 0) is 17.2 Å². The number of aromatic hydroxyl groups is 1. The average molecular weight is 506 g/mol. The smallest absolute Gasteiger partial charge is 0.332 e. The lowest BCUT2D eigenvalue weighted by Crippen LogP contribution is -2.40. The van der Waals surface area contributed by atoms with Gasteiger partial charge in [0.25, 0.3) is 11.5 Å². The topological polar surface area (TPSA) is 123 Å². The number of aromatic amines is 1. The molecule has 6 rings (SSSR count). The fourth-order valence-corrected chi connectivity index (χ4v) is 4.57. The van der Waals surface area contributed by atoms with Crippen molar-refractivity contribution >= 4 is 33.7 Å². The molecule has 3 heterocycles. The lowest BCUT2D eigenvalue weighted by Gasteiger charge is -2.10. The van der Waals surface area contributed by atoms with E-state index < -0.39 is 11.2 Å². The molecule has 10 heteroatoms. The van der Waals surface area contributed by atoms with Crippen LogP contribution in [0.25, 0.3) is 22.1 Å². The van der Waals surface area contributed by atoms with Gasteiger partial charge in [0.1, 0.15) is 0 Å². The number of hydrogen-bond acceptors (Lipinski definition) is 6. The van der Waals surface area contributed by atoms with Gasteiger partial charge in [0.2, 0.25) is 5.88 Å². The number of para-hydroxylation sites is 1. The van der Waals surface area contributed by atoms with Crippen LogP contribution in [0.2, 0.25) is 0 Å². The van der Waals surface area contributed by atoms with E-state index in [-0.39, 0.29) is 41.8 Å². The number of aryl methyl sites for hydroxylation is 1. The Hall–Kier alpha value is -5.25. The van der Waals surface area contributed by atoms with Crippen molar-refractivity contribution in [3.05, 3.63) is 117 Å². The molecule has 188 valence electrons. The van der Waals surface area contributed by atoms with Crippen molar-refractivity contribution in [2.45, 2.75) is 13.1 Å². The first-order valence-electron chi connectivity index (χ1n) is 12.0. The van der Waals surface area contributed by atoms with Crippen molar-refractivity contribution in [2.75, 3.05) is 0 Å². The van der Waals surface area contributed by atoms with Crippen LogP contribution in [0.5, 0.6) is 5.88 Å². The Balaban J connectivity index is 1.56. The second-order valence-electron chi connectivity index (χ2n) is 8.94. The minimum absolute atomic E-state index is 0.124. The van der Waals surface area contributed by atoms with Crippen molar-refractivity contribution < 1.29 is 5.11 Å². The third kappa shape index (κ3) is 3.97. The Kier molecular flexibility index (Phi) is 5.68. The van der Waals surface area contributed by atoms with Gasteiger partial charge < -0.3 is 10.1 Å². The largest absolute Gasteiger partial charge is 0.493 e. The van der Waals surface area contributed by atoms with E-state index in [1.807, 2.05) is 84.9 Å². The lowest BCUT2D eigenvalue weighted by atomic mass is 10.2. The number of fused-ring (bicyclic) bond motifs is 2. The average Bonchev–Trinajstić information content (AvgIpc) is 3.46. The normalized spacial score (nSPS) is 11.7. The first-order chi connectivity index (χ1) is 18.5.